The zero-order valence-corrected chi connectivity index (χ0v) is 12.0. The van der Waals surface area contributed by atoms with Gasteiger partial charge in [-0.25, -0.2) is 10.2 Å². The van der Waals surface area contributed by atoms with Crippen molar-refractivity contribution in [3.8, 4) is 0 Å². The Labute approximate surface area is 121 Å². The number of ether oxygens (including phenoxy) is 1. The van der Waals surface area contributed by atoms with Gasteiger partial charge in [-0.15, -0.1) is 0 Å². The van der Waals surface area contributed by atoms with Gasteiger partial charge in [-0.2, -0.15) is 0 Å². The highest BCUT2D eigenvalue weighted by Crippen LogP contribution is 2.19. The first-order valence-corrected chi connectivity index (χ1v) is 6.20. The predicted molar refractivity (Wildman–Crippen MR) is 73.4 cm³/mol. The van der Waals surface area contributed by atoms with Crippen LogP contribution in [0.5, 0.6) is 0 Å². The Balaban J connectivity index is 2.72. The van der Waals surface area contributed by atoms with Gasteiger partial charge in [0.1, 0.15) is 0 Å². The summed E-state index contributed by atoms with van der Waals surface area (Å²) >= 11 is 1.80. The number of hydrazine groups is 1. The van der Waals surface area contributed by atoms with Crippen LogP contribution in [0.2, 0.25) is 0 Å². The van der Waals surface area contributed by atoms with Crippen LogP contribution in [0.15, 0.2) is 18.2 Å². The van der Waals surface area contributed by atoms with Crippen molar-refractivity contribution in [3.63, 3.8) is 0 Å². The van der Waals surface area contributed by atoms with Crippen LogP contribution in [0.3, 0.4) is 0 Å². The molecule has 0 aliphatic rings. The summed E-state index contributed by atoms with van der Waals surface area (Å²) in [6.45, 7) is 1.80. The normalized spacial score (nSPS) is 9.58. The van der Waals surface area contributed by atoms with Gasteiger partial charge in [0.05, 0.1) is 17.1 Å². The van der Waals surface area contributed by atoms with Gasteiger partial charge in [0, 0.05) is 15.7 Å². The summed E-state index contributed by atoms with van der Waals surface area (Å²) in [7, 11) is 0. The largest absolute Gasteiger partial charge is 0.449 e. The molecule has 0 spiro atoms. The van der Waals surface area contributed by atoms with Crippen molar-refractivity contribution in [2.24, 2.45) is 0 Å². The molecule has 0 saturated heterocycles. The lowest BCUT2D eigenvalue weighted by molar-refractivity contribution is -0.384. The molecule has 2 N–H and O–H groups in total. The van der Waals surface area contributed by atoms with E-state index < -0.39 is 16.9 Å². The van der Waals surface area contributed by atoms with Crippen molar-refractivity contribution in [1.82, 2.24) is 10.9 Å². The fourth-order valence-electron chi connectivity index (χ4n) is 1.14. The van der Waals surface area contributed by atoms with Crippen LogP contribution < -0.4 is 10.9 Å². The van der Waals surface area contributed by atoms with Gasteiger partial charge in [0.25, 0.3) is 11.6 Å². The predicted octanol–water partition coefficient (Wildman–Crippen LogP) is 1.59. The maximum absolute atomic E-state index is 11.7. The molecule has 0 aliphatic carbocycles. The molecule has 0 heterocycles. The molecule has 0 aliphatic heterocycles. The number of rotatable bonds is 3. The molecule has 0 saturated carbocycles. The van der Waals surface area contributed by atoms with E-state index in [2.05, 4.69) is 10.2 Å². The standard InChI is InChI=1S/C10H10IN3O5/c1-2-19-10(16)13-12-9(15)7-4-3-6(14(17)18)5-8(7)11/h3-5H,2H2,1H3,(H,12,15)(H,13,16). The molecule has 8 nitrogen and oxygen atoms in total. The first kappa shape index (κ1) is 15.1. The third kappa shape index (κ3) is 4.35. The molecule has 102 valence electrons. The van der Waals surface area contributed by atoms with Crippen molar-refractivity contribution >= 4 is 40.3 Å². The molecular weight excluding hydrogens is 369 g/mol. The van der Waals surface area contributed by atoms with E-state index in [1.54, 1.807) is 29.5 Å². The van der Waals surface area contributed by atoms with Crippen LogP contribution in [0.1, 0.15) is 17.3 Å². The first-order chi connectivity index (χ1) is 8.95. The number of nitrogens with zero attached hydrogens (tertiary/aromatic N) is 1. The minimum Gasteiger partial charge on any atom is -0.449 e. The molecule has 9 heteroatoms. The van der Waals surface area contributed by atoms with Crippen LogP contribution in [0.25, 0.3) is 0 Å². The summed E-state index contributed by atoms with van der Waals surface area (Å²) in [6.07, 6.45) is -0.784. The van der Waals surface area contributed by atoms with Gasteiger partial charge in [0.15, 0.2) is 0 Å². The van der Waals surface area contributed by atoms with Crippen LogP contribution in [-0.4, -0.2) is 23.5 Å². The average Bonchev–Trinajstić information content (AvgIpc) is 2.36. The second kappa shape index (κ2) is 6.87. The van der Waals surface area contributed by atoms with Crippen LogP contribution in [0.4, 0.5) is 10.5 Å². The minimum absolute atomic E-state index is 0.112. The van der Waals surface area contributed by atoms with Gasteiger partial charge in [-0.05, 0) is 35.6 Å². The number of nitro groups is 1. The Morgan fingerprint density at radius 3 is 2.63 bits per heavy atom. The Morgan fingerprint density at radius 1 is 1.42 bits per heavy atom. The van der Waals surface area contributed by atoms with Crippen molar-refractivity contribution < 1.29 is 19.2 Å². The van der Waals surface area contributed by atoms with Gasteiger partial charge in [0.2, 0.25) is 0 Å². The summed E-state index contributed by atoms with van der Waals surface area (Å²) in [5, 5.41) is 10.5. The summed E-state index contributed by atoms with van der Waals surface area (Å²) in [5.41, 5.74) is 4.28. The third-order valence-electron chi connectivity index (χ3n) is 1.96. The highest BCUT2D eigenvalue weighted by Gasteiger charge is 2.15. The fraction of sp³-hybridized carbons (Fsp3) is 0.200. The lowest BCUT2D eigenvalue weighted by Gasteiger charge is -2.08. The molecule has 1 aromatic carbocycles. The van der Waals surface area contributed by atoms with E-state index in [0.29, 0.717) is 3.57 Å². The molecule has 0 radical (unpaired) electrons. The van der Waals surface area contributed by atoms with Gasteiger partial charge in [-0.1, -0.05) is 0 Å². The number of carbonyl (C=O) groups is 2. The van der Waals surface area contributed by atoms with E-state index in [0.717, 1.165) is 0 Å². The van der Waals surface area contributed by atoms with E-state index in [4.69, 9.17) is 0 Å². The molecule has 1 aromatic rings. The molecular formula is C10H10IN3O5. The first-order valence-electron chi connectivity index (χ1n) is 5.12. The number of hydrogen-bond acceptors (Lipinski definition) is 5. The number of non-ortho nitro benzene ring substituents is 1. The van der Waals surface area contributed by atoms with Gasteiger partial charge < -0.3 is 4.74 Å². The maximum atomic E-state index is 11.7. The zero-order chi connectivity index (χ0) is 14.4. The summed E-state index contributed by atoms with van der Waals surface area (Å²) in [6, 6.07) is 3.78. The summed E-state index contributed by atoms with van der Waals surface area (Å²) < 4.78 is 4.95. The second-order valence-electron chi connectivity index (χ2n) is 3.22. The molecule has 0 aromatic heterocycles. The molecule has 1 rings (SSSR count). The number of benzene rings is 1. The van der Waals surface area contributed by atoms with Crippen molar-refractivity contribution in [3.05, 3.63) is 37.4 Å². The molecule has 2 amide bonds. The molecule has 0 fully saturated rings. The second-order valence-corrected chi connectivity index (χ2v) is 4.38. The number of hydrogen-bond donors (Lipinski definition) is 2. The van der Waals surface area contributed by atoms with E-state index in [1.807, 2.05) is 5.43 Å². The van der Waals surface area contributed by atoms with Crippen LogP contribution in [-0.2, 0) is 4.74 Å². The Kier molecular flexibility index (Phi) is 5.48. The number of carbonyl (C=O) groups excluding carboxylic acids is 2. The van der Waals surface area contributed by atoms with Crippen LogP contribution >= 0.6 is 22.6 Å². The lowest BCUT2D eigenvalue weighted by Crippen LogP contribution is -2.42. The SMILES string of the molecule is CCOC(=O)NNC(=O)c1ccc([N+](=O)[O-])cc1I. The van der Waals surface area contributed by atoms with E-state index in [9.17, 15) is 19.7 Å². The highest BCUT2D eigenvalue weighted by molar-refractivity contribution is 14.1. The van der Waals surface area contributed by atoms with Gasteiger partial charge >= 0.3 is 6.09 Å². The van der Waals surface area contributed by atoms with Crippen LogP contribution in [0, 0.1) is 13.7 Å². The monoisotopic (exact) mass is 379 g/mol. The Bertz CT molecular complexity index is 520. The number of halogens is 1. The number of amides is 2. The van der Waals surface area contributed by atoms with E-state index in [-0.39, 0.29) is 17.9 Å². The Morgan fingerprint density at radius 2 is 2.11 bits per heavy atom. The smallest absolute Gasteiger partial charge is 0.426 e. The fourth-order valence-corrected chi connectivity index (χ4v) is 1.89. The highest BCUT2D eigenvalue weighted by atomic mass is 127. The molecule has 0 unspecified atom stereocenters. The third-order valence-corrected chi connectivity index (χ3v) is 2.85. The zero-order valence-electron chi connectivity index (χ0n) is 9.81. The maximum Gasteiger partial charge on any atom is 0.426 e. The van der Waals surface area contributed by atoms with Crippen molar-refractivity contribution in [2.45, 2.75) is 6.92 Å². The number of nitro benzene ring substituents is 1. The van der Waals surface area contributed by atoms with Crippen molar-refractivity contribution in [2.75, 3.05) is 6.61 Å². The molecule has 0 bridgehead atoms. The molecule has 19 heavy (non-hydrogen) atoms. The quantitative estimate of drug-likeness (QED) is 0.471. The lowest BCUT2D eigenvalue weighted by atomic mass is 10.2. The van der Waals surface area contributed by atoms with E-state index >= 15 is 0 Å². The topological polar surface area (TPSA) is 111 Å². The molecule has 0 atom stereocenters. The Hall–Kier alpha value is -1.91. The van der Waals surface area contributed by atoms with Crippen molar-refractivity contribution in [1.29, 1.82) is 0 Å². The summed E-state index contributed by atoms with van der Waals surface area (Å²) in [5.74, 6) is -0.590. The average molecular weight is 379 g/mol. The summed E-state index contributed by atoms with van der Waals surface area (Å²) in [4.78, 5) is 32.7. The minimum atomic E-state index is -0.784. The van der Waals surface area contributed by atoms with E-state index in [1.165, 1.54) is 18.2 Å². The van der Waals surface area contributed by atoms with Gasteiger partial charge in [-0.3, -0.25) is 20.3 Å². The number of nitrogens with one attached hydrogen (secondary N) is 2.